The summed E-state index contributed by atoms with van der Waals surface area (Å²) in [7, 11) is 0. The van der Waals surface area contributed by atoms with E-state index >= 15 is 0 Å². The molecule has 1 aromatic rings. The Balaban J connectivity index is 1.87. The summed E-state index contributed by atoms with van der Waals surface area (Å²) < 4.78 is 12.9. The molecule has 0 saturated heterocycles. The molecule has 1 saturated carbocycles. The van der Waals surface area contributed by atoms with Crippen molar-refractivity contribution in [2.75, 3.05) is 17.6 Å². The van der Waals surface area contributed by atoms with Crippen LogP contribution < -0.4 is 11.1 Å². The molecule has 0 amide bonds. The number of rotatable bonds is 4. The molecule has 0 bridgehead atoms. The third-order valence-corrected chi connectivity index (χ3v) is 2.50. The lowest BCUT2D eigenvalue weighted by Crippen LogP contribution is -2.03. The average molecular weight is 194 g/mol. The standard InChI is InChI=1S/C11H15FN2/c12-9-5-10(13)7-11(6-9)14-4-3-8-1-2-8/h5-8,14H,1-4,13H2. The summed E-state index contributed by atoms with van der Waals surface area (Å²) >= 11 is 0. The van der Waals surface area contributed by atoms with Crippen LogP contribution in [0, 0.1) is 11.7 Å². The Morgan fingerprint density at radius 3 is 2.79 bits per heavy atom. The van der Waals surface area contributed by atoms with E-state index < -0.39 is 0 Å². The minimum Gasteiger partial charge on any atom is -0.399 e. The molecule has 0 heterocycles. The summed E-state index contributed by atoms with van der Waals surface area (Å²) in [6.45, 7) is 0.910. The van der Waals surface area contributed by atoms with Crippen LogP contribution in [0.3, 0.4) is 0 Å². The number of nitrogen functional groups attached to an aromatic ring is 1. The van der Waals surface area contributed by atoms with E-state index in [4.69, 9.17) is 5.73 Å². The normalized spacial score (nSPS) is 15.5. The summed E-state index contributed by atoms with van der Waals surface area (Å²) in [6, 6.07) is 4.56. The molecule has 14 heavy (non-hydrogen) atoms. The predicted octanol–water partition coefficient (Wildman–Crippen LogP) is 2.62. The molecule has 0 spiro atoms. The van der Waals surface area contributed by atoms with Crippen molar-refractivity contribution in [1.82, 2.24) is 0 Å². The Morgan fingerprint density at radius 2 is 2.14 bits per heavy atom. The molecular formula is C11H15FN2. The van der Waals surface area contributed by atoms with E-state index in [0.29, 0.717) is 5.69 Å². The van der Waals surface area contributed by atoms with Crippen LogP contribution in [0.2, 0.25) is 0 Å². The molecule has 2 nitrogen and oxygen atoms in total. The van der Waals surface area contributed by atoms with Crippen LogP contribution in [0.5, 0.6) is 0 Å². The maximum Gasteiger partial charge on any atom is 0.127 e. The fraction of sp³-hybridized carbons (Fsp3) is 0.455. The highest BCUT2D eigenvalue weighted by atomic mass is 19.1. The quantitative estimate of drug-likeness (QED) is 0.723. The van der Waals surface area contributed by atoms with Crippen molar-refractivity contribution in [1.29, 1.82) is 0 Å². The van der Waals surface area contributed by atoms with Gasteiger partial charge in [0, 0.05) is 17.9 Å². The summed E-state index contributed by atoms with van der Waals surface area (Å²) in [4.78, 5) is 0. The van der Waals surface area contributed by atoms with E-state index in [0.717, 1.165) is 18.2 Å². The van der Waals surface area contributed by atoms with E-state index in [1.807, 2.05) is 0 Å². The van der Waals surface area contributed by atoms with E-state index in [-0.39, 0.29) is 5.82 Å². The van der Waals surface area contributed by atoms with E-state index in [9.17, 15) is 4.39 Å². The number of nitrogens with two attached hydrogens (primary N) is 1. The van der Waals surface area contributed by atoms with Crippen molar-refractivity contribution >= 4 is 11.4 Å². The topological polar surface area (TPSA) is 38.0 Å². The summed E-state index contributed by atoms with van der Waals surface area (Å²) in [6.07, 6.45) is 3.89. The summed E-state index contributed by atoms with van der Waals surface area (Å²) in [5.41, 5.74) is 6.78. The lowest BCUT2D eigenvalue weighted by atomic mass is 10.2. The molecule has 0 aromatic heterocycles. The lowest BCUT2D eigenvalue weighted by Gasteiger charge is -2.06. The Hall–Kier alpha value is -1.25. The van der Waals surface area contributed by atoms with Gasteiger partial charge in [0.05, 0.1) is 0 Å². The Labute approximate surface area is 83.3 Å². The molecule has 0 unspecified atom stereocenters. The summed E-state index contributed by atoms with van der Waals surface area (Å²) in [5.74, 6) is 0.618. The molecule has 0 aliphatic heterocycles. The number of halogens is 1. The highest BCUT2D eigenvalue weighted by molar-refractivity contribution is 5.54. The van der Waals surface area contributed by atoms with Gasteiger partial charge < -0.3 is 11.1 Å². The number of benzene rings is 1. The van der Waals surface area contributed by atoms with Gasteiger partial charge in [-0.05, 0) is 30.5 Å². The maximum absolute atomic E-state index is 12.9. The van der Waals surface area contributed by atoms with E-state index in [2.05, 4.69) is 5.32 Å². The van der Waals surface area contributed by atoms with E-state index in [1.54, 1.807) is 6.07 Å². The van der Waals surface area contributed by atoms with Crippen LogP contribution in [-0.4, -0.2) is 6.54 Å². The monoisotopic (exact) mass is 194 g/mol. The van der Waals surface area contributed by atoms with Gasteiger partial charge in [0.1, 0.15) is 5.82 Å². The third kappa shape index (κ3) is 2.62. The van der Waals surface area contributed by atoms with Crippen LogP contribution in [0.25, 0.3) is 0 Å². The van der Waals surface area contributed by atoms with Gasteiger partial charge in [0.2, 0.25) is 0 Å². The van der Waals surface area contributed by atoms with Crippen molar-refractivity contribution in [3.05, 3.63) is 24.0 Å². The minimum absolute atomic E-state index is 0.279. The summed E-state index contributed by atoms with van der Waals surface area (Å²) in [5, 5.41) is 3.18. The molecular weight excluding hydrogens is 179 g/mol. The molecule has 1 fully saturated rings. The number of hydrogen-bond donors (Lipinski definition) is 2. The van der Waals surface area contributed by atoms with Gasteiger partial charge in [-0.15, -0.1) is 0 Å². The van der Waals surface area contributed by atoms with Crippen LogP contribution >= 0.6 is 0 Å². The first-order valence-corrected chi connectivity index (χ1v) is 5.04. The SMILES string of the molecule is Nc1cc(F)cc(NCCC2CC2)c1. The molecule has 0 radical (unpaired) electrons. The molecule has 2 rings (SSSR count). The van der Waals surface area contributed by atoms with Crippen molar-refractivity contribution in [3.8, 4) is 0 Å². The van der Waals surface area contributed by atoms with Crippen LogP contribution in [0.15, 0.2) is 18.2 Å². The first-order valence-electron chi connectivity index (χ1n) is 5.04. The Kier molecular flexibility index (Phi) is 2.57. The van der Waals surface area contributed by atoms with E-state index in [1.165, 1.54) is 31.4 Å². The second kappa shape index (κ2) is 3.86. The molecule has 3 heteroatoms. The predicted molar refractivity (Wildman–Crippen MR) is 56.6 cm³/mol. The molecule has 1 aliphatic carbocycles. The molecule has 1 aromatic carbocycles. The molecule has 0 atom stereocenters. The maximum atomic E-state index is 12.9. The molecule has 3 N–H and O–H groups in total. The number of nitrogens with one attached hydrogen (secondary N) is 1. The van der Waals surface area contributed by atoms with Crippen LogP contribution in [-0.2, 0) is 0 Å². The van der Waals surface area contributed by atoms with Crippen molar-refractivity contribution < 1.29 is 4.39 Å². The van der Waals surface area contributed by atoms with Gasteiger partial charge in [0.15, 0.2) is 0 Å². The van der Waals surface area contributed by atoms with Gasteiger partial charge >= 0.3 is 0 Å². The van der Waals surface area contributed by atoms with Crippen molar-refractivity contribution in [2.45, 2.75) is 19.3 Å². The van der Waals surface area contributed by atoms with Gasteiger partial charge in [-0.2, -0.15) is 0 Å². The number of anilines is 2. The van der Waals surface area contributed by atoms with Crippen molar-refractivity contribution in [2.24, 2.45) is 5.92 Å². The average Bonchev–Trinajstić information content (AvgIpc) is 2.86. The highest BCUT2D eigenvalue weighted by Crippen LogP contribution is 2.32. The number of hydrogen-bond acceptors (Lipinski definition) is 2. The fourth-order valence-electron chi connectivity index (χ4n) is 1.54. The zero-order chi connectivity index (χ0) is 9.97. The Morgan fingerprint density at radius 1 is 1.36 bits per heavy atom. The smallest absolute Gasteiger partial charge is 0.127 e. The molecule has 1 aliphatic rings. The second-order valence-corrected chi connectivity index (χ2v) is 3.93. The van der Waals surface area contributed by atoms with Crippen LogP contribution in [0.4, 0.5) is 15.8 Å². The lowest BCUT2D eigenvalue weighted by molar-refractivity contribution is 0.628. The largest absolute Gasteiger partial charge is 0.399 e. The van der Waals surface area contributed by atoms with Gasteiger partial charge in [-0.1, -0.05) is 12.8 Å². The first-order chi connectivity index (χ1) is 6.74. The second-order valence-electron chi connectivity index (χ2n) is 3.93. The third-order valence-electron chi connectivity index (χ3n) is 2.50. The van der Waals surface area contributed by atoms with Gasteiger partial charge in [0.25, 0.3) is 0 Å². The van der Waals surface area contributed by atoms with Crippen LogP contribution in [0.1, 0.15) is 19.3 Å². The van der Waals surface area contributed by atoms with Gasteiger partial charge in [-0.25, -0.2) is 4.39 Å². The first kappa shape index (κ1) is 9.31. The Bertz CT molecular complexity index is 301. The zero-order valence-corrected chi connectivity index (χ0v) is 8.09. The zero-order valence-electron chi connectivity index (χ0n) is 8.09. The minimum atomic E-state index is -0.279. The highest BCUT2D eigenvalue weighted by Gasteiger charge is 2.20. The van der Waals surface area contributed by atoms with Gasteiger partial charge in [-0.3, -0.25) is 0 Å². The fourth-order valence-corrected chi connectivity index (χ4v) is 1.54. The van der Waals surface area contributed by atoms with Crippen molar-refractivity contribution in [3.63, 3.8) is 0 Å². The molecule has 76 valence electrons.